The number of nitrogens with zero attached hydrogens (tertiary/aromatic N) is 2. The molecule has 0 saturated heterocycles. The van der Waals surface area contributed by atoms with Gasteiger partial charge < -0.3 is 10.1 Å². The van der Waals surface area contributed by atoms with Crippen LogP contribution >= 0.6 is 0 Å². The molecule has 0 unspecified atom stereocenters. The molecule has 0 aliphatic heterocycles. The second-order valence-corrected chi connectivity index (χ2v) is 3.97. The van der Waals surface area contributed by atoms with E-state index < -0.39 is 0 Å². The summed E-state index contributed by atoms with van der Waals surface area (Å²) in [5.41, 5.74) is 0.979. The van der Waals surface area contributed by atoms with Gasteiger partial charge >= 0.3 is 0 Å². The number of rotatable bonds is 5. The van der Waals surface area contributed by atoms with Gasteiger partial charge in [0.2, 0.25) is 5.88 Å². The molecule has 1 N–H and O–H groups in total. The number of nitrogens with one attached hydrogen (secondary N) is 1. The van der Waals surface area contributed by atoms with Crippen LogP contribution in [0.4, 0.5) is 5.82 Å². The van der Waals surface area contributed by atoms with E-state index in [4.69, 9.17) is 4.74 Å². The number of hydrogen-bond acceptors (Lipinski definition) is 4. The fraction of sp³-hybridized carbons (Fsp3) is 0.667. The summed E-state index contributed by atoms with van der Waals surface area (Å²) in [7, 11) is 0. The highest BCUT2D eigenvalue weighted by atomic mass is 16.5. The summed E-state index contributed by atoms with van der Waals surface area (Å²) in [5, 5.41) is 3.23. The third-order valence-corrected chi connectivity index (χ3v) is 2.16. The van der Waals surface area contributed by atoms with Crippen molar-refractivity contribution in [1.82, 2.24) is 9.97 Å². The normalized spacial score (nSPS) is 10.6. The summed E-state index contributed by atoms with van der Waals surface area (Å²) in [6.07, 6.45) is 0.945. The van der Waals surface area contributed by atoms with Crippen LogP contribution in [0.5, 0.6) is 5.88 Å². The van der Waals surface area contributed by atoms with Gasteiger partial charge in [0.25, 0.3) is 0 Å². The van der Waals surface area contributed by atoms with E-state index in [-0.39, 0.29) is 6.10 Å². The zero-order valence-electron chi connectivity index (χ0n) is 10.8. The molecule has 0 bridgehead atoms. The number of aromatic nitrogens is 2. The number of ether oxygens (including phenoxy) is 1. The van der Waals surface area contributed by atoms with Crippen molar-refractivity contribution in [3.05, 3.63) is 11.4 Å². The van der Waals surface area contributed by atoms with E-state index in [0.717, 1.165) is 30.2 Å². The Kier molecular flexibility index (Phi) is 4.52. The Bertz CT molecular complexity index is 350. The molecule has 0 radical (unpaired) electrons. The standard InChI is InChI=1S/C12H21N3O/c1-6-10-14-11(13-7-2)9(5)12(15-10)16-8(3)4/h8H,6-7H2,1-5H3,(H,13,14,15). The van der Waals surface area contributed by atoms with Gasteiger partial charge in [0, 0.05) is 13.0 Å². The number of hydrogen-bond donors (Lipinski definition) is 1. The summed E-state index contributed by atoms with van der Waals surface area (Å²) in [6, 6.07) is 0. The third kappa shape index (κ3) is 3.08. The van der Waals surface area contributed by atoms with Crippen LogP contribution in [0.3, 0.4) is 0 Å². The first kappa shape index (κ1) is 12.7. The molecule has 16 heavy (non-hydrogen) atoms. The minimum atomic E-state index is 0.132. The van der Waals surface area contributed by atoms with Gasteiger partial charge in [-0.1, -0.05) is 6.92 Å². The minimum absolute atomic E-state index is 0.132. The molecule has 4 nitrogen and oxygen atoms in total. The Morgan fingerprint density at radius 2 is 1.94 bits per heavy atom. The Morgan fingerprint density at radius 3 is 2.44 bits per heavy atom. The number of aryl methyl sites for hydroxylation is 1. The second-order valence-electron chi connectivity index (χ2n) is 3.97. The summed E-state index contributed by atoms with van der Waals surface area (Å²) in [5.74, 6) is 2.39. The Balaban J connectivity index is 3.09. The smallest absolute Gasteiger partial charge is 0.222 e. The molecular weight excluding hydrogens is 202 g/mol. The van der Waals surface area contributed by atoms with Gasteiger partial charge in [0.15, 0.2) is 0 Å². The van der Waals surface area contributed by atoms with Crippen molar-refractivity contribution < 1.29 is 4.74 Å². The molecule has 0 saturated carbocycles. The van der Waals surface area contributed by atoms with Gasteiger partial charge in [-0.05, 0) is 27.7 Å². The van der Waals surface area contributed by atoms with Gasteiger partial charge in [-0.3, -0.25) is 0 Å². The highest BCUT2D eigenvalue weighted by molar-refractivity contribution is 5.48. The lowest BCUT2D eigenvalue weighted by Gasteiger charge is -2.15. The largest absolute Gasteiger partial charge is 0.475 e. The average molecular weight is 223 g/mol. The van der Waals surface area contributed by atoms with E-state index in [1.54, 1.807) is 0 Å². The van der Waals surface area contributed by atoms with Crippen LogP contribution in [-0.2, 0) is 6.42 Å². The summed E-state index contributed by atoms with van der Waals surface area (Å²) >= 11 is 0. The van der Waals surface area contributed by atoms with Gasteiger partial charge in [-0.25, -0.2) is 4.98 Å². The molecule has 4 heteroatoms. The zero-order chi connectivity index (χ0) is 12.1. The SMILES string of the molecule is CCNc1nc(CC)nc(OC(C)C)c1C. The zero-order valence-corrected chi connectivity index (χ0v) is 10.8. The summed E-state index contributed by atoms with van der Waals surface area (Å²) in [6.45, 7) is 10.9. The lowest BCUT2D eigenvalue weighted by molar-refractivity contribution is 0.230. The van der Waals surface area contributed by atoms with Crippen LogP contribution < -0.4 is 10.1 Å². The van der Waals surface area contributed by atoms with Crippen LogP contribution in [0, 0.1) is 6.92 Å². The maximum Gasteiger partial charge on any atom is 0.222 e. The predicted molar refractivity (Wildman–Crippen MR) is 66.1 cm³/mol. The molecule has 0 fully saturated rings. The predicted octanol–water partition coefficient (Wildman–Crippen LogP) is 2.57. The van der Waals surface area contributed by atoms with Crippen LogP contribution in [0.2, 0.25) is 0 Å². The number of anilines is 1. The molecular formula is C12H21N3O. The molecule has 0 atom stereocenters. The molecule has 1 aromatic rings. The minimum Gasteiger partial charge on any atom is -0.475 e. The first-order valence-corrected chi connectivity index (χ1v) is 5.86. The first-order valence-electron chi connectivity index (χ1n) is 5.86. The van der Waals surface area contributed by atoms with Crippen molar-refractivity contribution in [3.8, 4) is 5.88 Å². The molecule has 1 rings (SSSR count). The van der Waals surface area contributed by atoms with Gasteiger partial charge in [-0.15, -0.1) is 0 Å². The molecule has 0 amide bonds. The molecule has 0 aromatic carbocycles. The Labute approximate surface area is 97.5 Å². The van der Waals surface area contributed by atoms with E-state index in [0.29, 0.717) is 5.88 Å². The topological polar surface area (TPSA) is 47.0 Å². The van der Waals surface area contributed by atoms with Crippen molar-refractivity contribution in [2.75, 3.05) is 11.9 Å². The molecule has 90 valence electrons. The lowest BCUT2D eigenvalue weighted by atomic mass is 10.3. The quantitative estimate of drug-likeness (QED) is 0.833. The van der Waals surface area contributed by atoms with E-state index in [9.17, 15) is 0 Å². The summed E-state index contributed by atoms with van der Waals surface area (Å²) in [4.78, 5) is 8.85. The van der Waals surface area contributed by atoms with Gasteiger partial charge in [-0.2, -0.15) is 4.98 Å². The van der Waals surface area contributed by atoms with Crippen LogP contribution in [0.25, 0.3) is 0 Å². The van der Waals surface area contributed by atoms with Gasteiger partial charge in [0.05, 0.1) is 11.7 Å². The fourth-order valence-corrected chi connectivity index (χ4v) is 1.38. The highest BCUT2D eigenvalue weighted by Gasteiger charge is 2.11. The van der Waals surface area contributed by atoms with E-state index in [2.05, 4.69) is 22.2 Å². The molecule has 1 aromatic heterocycles. The van der Waals surface area contributed by atoms with E-state index in [1.807, 2.05) is 27.7 Å². The van der Waals surface area contributed by atoms with Crippen molar-refractivity contribution in [2.24, 2.45) is 0 Å². The second kappa shape index (κ2) is 5.68. The van der Waals surface area contributed by atoms with Crippen LogP contribution in [-0.4, -0.2) is 22.6 Å². The van der Waals surface area contributed by atoms with Gasteiger partial charge in [0.1, 0.15) is 11.6 Å². The lowest BCUT2D eigenvalue weighted by Crippen LogP contribution is -2.12. The molecule has 0 spiro atoms. The maximum absolute atomic E-state index is 5.68. The van der Waals surface area contributed by atoms with Crippen molar-refractivity contribution >= 4 is 5.82 Å². The maximum atomic E-state index is 5.68. The van der Waals surface area contributed by atoms with Crippen molar-refractivity contribution in [1.29, 1.82) is 0 Å². The van der Waals surface area contributed by atoms with E-state index >= 15 is 0 Å². The van der Waals surface area contributed by atoms with E-state index in [1.165, 1.54) is 0 Å². The van der Waals surface area contributed by atoms with Crippen molar-refractivity contribution in [2.45, 2.75) is 47.1 Å². The van der Waals surface area contributed by atoms with Crippen LogP contribution in [0.15, 0.2) is 0 Å². The first-order chi connectivity index (χ1) is 7.58. The fourth-order valence-electron chi connectivity index (χ4n) is 1.38. The van der Waals surface area contributed by atoms with Crippen LogP contribution in [0.1, 0.15) is 39.1 Å². The highest BCUT2D eigenvalue weighted by Crippen LogP contribution is 2.23. The molecule has 0 aliphatic rings. The van der Waals surface area contributed by atoms with Crippen molar-refractivity contribution in [3.63, 3.8) is 0 Å². The average Bonchev–Trinajstić information content (AvgIpc) is 2.23. The Hall–Kier alpha value is -1.32. The summed E-state index contributed by atoms with van der Waals surface area (Å²) < 4.78 is 5.68. The Morgan fingerprint density at radius 1 is 1.25 bits per heavy atom. The molecule has 1 heterocycles. The third-order valence-electron chi connectivity index (χ3n) is 2.16. The monoisotopic (exact) mass is 223 g/mol. The molecule has 0 aliphatic carbocycles.